The van der Waals surface area contributed by atoms with E-state index in [4.69, 9.17) is 4.74 Å². The van der Waals surface area contributed by atoms with Gasteiger partial charge in [0.05, 0.1) is 18.7 Å². The number of aliphatic hydroxyl groups excluding tert-OH is 1. The number of fused-ring (bicyclic) bond motifs is 4. The van der Waals surface area contributed by atoms with Gasteiger partial charge in [-0.25, -0.2) is 0 Å². The quantitative estimate of drug-likeness (QED) is 0.935. The summed E-state index contributed by atoms with van der Waals surface area (Å²) in [7, 11) is 1.67. The van der Waals surface area contributed by atoms with Crippen molar-refractivity contribution in [3.05, 3.63) is 36.0 Å². The summed E-state index contributed by atoms with van der Waals surface area (Å²) in [5.41, 5.74) is 1.89. The lowest BCUT2D eigenvalue weighted by molar-refractivity contribution is -0.0562. The van der Waals surface area contributed by atoms with Crippen molar-refractivity contribution >= 4 is 10.9 Å². The number of nitrogens with zero attached hydrogens (tertiary/aromatic N) is 2. The van der Waals surface area contributed by atoms with E-state index in [1.54, 1.807) is 13.3 Å². The van der Waals surface area contributed by atoms with E-state index in [1.807, 2.05) is 24.3 Å². The molecule has 3 fully saturated rings. The van der Waals surface area contributed by atoms with Crippen molar-refractivity contribution in [1.82, 2.24) is 9.88 Å². The van der Waals surface area contributed by atoms with Crippen LogP contribution in [-0.4, -0.2) is 41.2 Å². The van der Waals surface area contributed by atoms with Crippen LogP contribution in [0, 0.1) is 11.8 Å². The molecular weight excluding hydrogens is 300 g/mol. The fraction of sp³-hybridized carbons (Fsp3) is 0.550. The maximum Gasteiger partial charge on any atom is 0.119 e. The third-order valence-electron chi connectivity index (χ3n) is 6.13. The molecule has 0 radical (unpaired) electrons. The highest BCUT2D eigenvalue weighted by Crippen LogP contribution is 2.42. The van der Waals surface area contributed by atoms with Crippen molar-refractivity contribution in [3.63, 3.8) is 0 Å². The van der Waals surface area contributed by atoms with E-state index in [2.05, 4.69) is 16.8 Å². The van der Waals surface area contributed by atoms with Gasteiger partial charge in [0.15, 0.2) is 0 Å². The minimum Gasteiger partial charge on any atom is -0.497 e. The Kier molecular flexibility index (Phi) is 4.19. The Balaban J connectivity index is 1.68. The lowest BCUT2D eigenvalue weighted by Crippen LogP contribution is -2.55. The Bertz CT molecular complexity index is 733. The summed E-state index contributed by atoms with van der Waals surface area (Å²) >= 11 is 0. The second-order valence-corrected chi connectivity index (χ2v) is 7.24. The van der Waals surface area contributed by atoms with Crippen LogP contribution in [0.5, 0.6) is 5.75 Å². The number of benzene rings is 1. The van der Waals surface area contributed by atoms with Crippen molar-refractivity contribution in [2.45, 2.75) is 38.3 Å². The Morgan fingerprint density at radius 1 is 1.38 bits per heavy atom. The molecule has 128 valence electrons. The number of hydrogen-bond donors (Lipinski definition) is 1. The smallest absolute Gasteiger partial charge is 0.119 e. The Morgan fingerprint density at radius 2 is 2.25 bits per heavy atom. The number of pyridine rings is 1. The largest absolute Gasteiger partial charge is 0.497 e. The number of hydrogen-bond acceptors (Lipinski definition) is 4. The van der Waals surface area contributed by atoms with Gasteiger partial charge in [-0.15, -0.1) is 0 Å². The lowest BCUT2D eigenvalue weighted by atomic mass is 9.72. The molecule has 4 heteroatoms. The average molecular weight is 326 g/mol. The van der Waals surface area contributed by atoms with Crippen LogP contribution in [0.15, 0.2) is 30.5 Å². The van der Waals surface area contributed by atoms with Crippen LogP contribution in [0.3, 0.4) is 0 Å². The van der Waals surface area contributed by atoms with E-state index in [0.29, 0.717) is 0 Å². The summed E-state index contributed by atoms with van der Waals surface area (Å²) in [6.45, 7) is 4.55. The first-order chi connectivity index (χ1) is 11.7. The zero-order valence-corrected chi connectivity index (χ0v) is 14.5. The van der Waals surface area contributed by atoms with E-state index in [0.717, 1.165) is 53.6 Å². The van der Waals surface area contributed by atoms with E-state index in [-0.39, 0.29) is 6.04 Å². The molecule has 0 aliphatic carbocycles. The molecule has 3 saturated heterocycles. The van der Waals surface area contributed by atoms with Gasteiger partial charge in [-0.3, -0.25) is 9.88 Å². The summed E-state index contributed by atoms with van der Waals surface area (Å²) in [5.74, 6) is 2.37. The van der Waals surface area contributed by atoms with Crippen LogP contribution in [-0.2, 0) is 0 Å². The second-order valence-electron chi connectivity index (χ2n) is 7.24. The summed E-state index contributed by atoms with van der Waals surface area (Å²) in [4.78, 5) is 6.94. The molecule has 5 rings (SSSR count). The average Bonchev–Trinajstić information content (AvgIpc) is 2.66. The molecule has 3 aliphatic heterocycles. The third kappa shape index (κ3) is 2.58. The minimum atomic E-state index is -0.469. The molecule has 2 bridgehead atoms. The first-order valence-electron chi connectivity index (χ1n) is 9.06. The van der Waals surface area contributed by atoms with Crippen LogP contribution in [0.1, 0.15) is 37.9 Å². The fourth-order valence-corrected chi connectivity index (χ4v) is 4.71. The molecule has 4 nitrogen and oxygen atoms in total. The number of rotatable bonds is 4. The predicted molar refractivity (Wildman–Crippen MR) is 95.1 cm³/mol. The highest BCUT2D eigenvalue weighted by atomic mass is 16.5. The molecule has 1 unspecified atom stereocenters. The molecule has 1 aromatic heterocycles. The minimum absolute atomic E-state index is 0.225. The number of aromatic nitrogens is 1. The van der Waals surface area contributed by atoms with E-state index in [9.17, 15) is 5.11 Å². The maximum absolute atomic E-state index is 11.2. The lowest BCUT2D eigenvalue weighted by Gasteiger charge is -2.51. The monoisotopic (exact) mass is 326 g/mol. The van der Waals surface area contributed by atoms with Gasteiger partial charge in [0, 0.05) is 24.2 Å². The Labute approximate surface area is 143 Å². The molecule has 0 amide bonds. The summed E-state index contributed by atoms with van der Waals surface area (Å²) in [6.07, 6.45) is 4.97. The van der Waals surface area contributed by atoms with Crippen LogP contribution in [0.2, 0.25) is 0 Å². The molecule has 5 atom stereocenters. The van der Waals surface area contributed by atoms with Crippen molar-refractivity contribution in [2.24, 2.45) is 11.8 Å². The Hall–Kier alpha value is -1.65. The zero-order valence-electron chi connectivity index (χ0n) is 14.5. The van der Waals surface area contributed by atoms with Crippen molar-refractivity contribution < 1.29 is 9.84 Å². The molecule has 0 saturated carbocycles. The molecule has 3 aliphatic rings. The Morgan fingerprint density at radius 3 is 2.96 bits per heavy atom. The van der Waals surface area contributed by atoms with Gasteiger partial charge >= 0.3 is 0 Å². The topological polar surface area (TPSA) is 45.6 Å². The van der Waals surface area contributed by atoms with Gasteiger partial charge < -0.3 is 9.84 Å². The molecule has 2 aromatic rings. The first kappa shape index (κ1) is 15.9. The SMILES string of the molecule is CC[C@H]1CN2CC[C@@H]1C[C@@H]2[C@H](O)c1ccnc2ccc(OC)cc12. The molecular formula is C20H26N2O2. The van der Waals surface area contributed by atoms with Crippen molar-refractivity contribution in [2.75, 3.05) is 20.2 Å². The van der Waals surface area contributed by atoms with Gasteiger partial charge in [-0.2, -0.15) is 0 Å². The number of methoxy groups -OCH3 is 1. The molecule has 1 aromatic carbocycles. The van der Waals surface area contributed by atoms with Crippen LogP contribution >= 0.6 is 0 Å². The molecule has 24 heavy (non-hydrogen) atoms. The first-order valence-corrected chi connectivity index (χ1v) is 9.06. The summed E-state index contributed by atoms with van der Waals surface area (Å²) < 4.78 is 5.36. The zero-order chi connectivity index (χ0) is 16.7. The van der Waals surface area contributed by atoms with Gasteiger partial charge in [-0.05, 0) is 61.1 Å². The second kappa shape index (κ2) is 6.34. The standard InChI is InChI=1S/C20H26N2O2/c1-3-13-12-22-9-7-14(13)10-19(22)20(23)16-6-8-21-18-5-4-15(24-2)11-17(16)18/h4-6,8,11,13-14,19-20,23H,3,7,9-10,12H2,1-2H3/t13-,14+,19+,20+/m0/s1. The highest BCUT2D eigenvalue weighted by Gasteiger charge is 2.42. The van der Waals surface area contributed by atoms with E-state index < -0.39 is 6.10 Å². The van der Waals surface area contributed by atoms with Crippen LogP contribution < -0.4 is 4.74 Å². The van der Waals surface area contributed by atoms with E-state index >= 15 is 0 Å². The van der Waals surface area contributed by atoms with Crippen LogP contribution in [0.25, 0.3) is 10.9 Å². The van der Waals surface area contributed by atoms with Gasteiger partial charge in [0.1, 0.15) is 5.75 Å². The van der Waals surface area contributed by atoms with Crippen molar-refractivity contribution in [3.8, 4) is 5.75 Å². The van der Waals surface area contributed by atoms with E-state index in [1.165, 1.54) is 12.8 Å². The van der Waals surface area contributed by atoms with Gasteiger partial charge in [0.25, 0.3) is 0 Å². The highest BCUT2D eigenvalue weighted by molar-refractivity contribution is 5.83. The predicted octanol–water partition coefficient (Wildman–Crippen LogP) is 3.40. The summed E-state index contributed by atoms with van der Waals surface area (Å²) in [5, 5.41) is 12.2. The molecule has 0 spiro atoms. The molecule has 1 N–H and O–H groups in total. The number of ether oxygens (including phenoxy) is 1. The van der Waals surface area contributed by atoms with Gasteiger partial charge in [-0.1, -0.05) is 13.3 Å². The van der Waals surface area contributed by atoms with Crippen molar-refractivity contribution in [1.29, 1.82) is 0 Å². The molecule has 4 heterocycles. The third-order valence-corrected chi connectivity index (χ3v) is 6.13. The number of aliphatic hydroxyl groups is 1. The summed E-state index contributed by atoms with van der Waals surface area (Å²) in [6, 6.07) is 8.07. The number of piperidine rings is 3. The van der Waals surface area contributed by atoms with Gasteiger partial charge in [0.2, 0.25) is 0 Å². The normalized spacial score (nSPS) is 30.5. The van der Waals surface area contributed by atoms with Crippen LogP contribution in [0.4, 0.5) is 0 Å². The fourth-order valence-electron chi connectivity index (χ4n) is 4.71. The maximum atomic E-state index is 11.2.